The number of nitrogens with two attached hydrogens (primary N) is 1. The number of thiophene rings is 1. The van der Waals surface area contributed by atoms with Crippen molar-refractivity contribution in [3.8, 4) is 10.4 Å². The SMILES string of the molecule is CC1(C)Cc2cc(-c3cc4ccccc4s3)ccc2C1OC(N)=O. The Balaban J connectivity index is 1.75. The van der Waals surface area contributed by atoms with Crippen molar-refractivity contribution in [2.75, 3.05) is 0 Å². The van der Waals surface area contributed by atoms with Crippen molar-refractivity contribution in [3.63, 3.8) is 0 Å². The lowest BCUT2D eigenvalue weighted by Crippen LogP contribution is -2.25. The number of hydrogen-bond donors (Lipinski definition) is 1. The fourth-order valence-electron chi connectivity index (χ4n) is 3.64. The van der Waals surface area contributed by atoms with Gasteiger partial charge in [-0.2, -0.15) is 0 Å². The summed E-state index contributed by atoms with van der Waals surface area (Å²) in [5.74, 6) is 0. The third kappa shape index (κ3) is 2.47. The van der Waals surface area contributed by atoms with Crippen molar-refractivity contribution in [2.24, 2.45) is 11.1 Å². The van der Waals surface area contributed by atoms with Crippen LogP contribution >= 0.6 is 11.3 Å². The van der Waals surface area contributed by atoms with E-state index in [0.29, 0.717) is 0 Å². The highest BCUT2D eigenvalue weighted by Gasteiger charge is 2.41. The van der Waals surface area contributed by atoms with Gasteiger partial charge in [0.25, 0.3) is 0 Å². The Labute approximate surface area is 145 Å². The lowest BCUT2D eigenvalue weighted by Gasteiger charge is -2.26. The number of ether oxygens (including phenoxy) is 1. The molecule has 1 heterocycles. The fraction of sp³-hybridized carbons (Fsp3) is 0.250. The maximum absolute atomic E-state index is 11.2. The van der Waals surface area contributed by atoms with Crippen LogP contribution in [-0.2, 0) is 11.2 Å². The number of rotatable bonds is 2. The molecule has 0 saturated carbocycles. The van der Waals surface area contributed by atoms with E-state index < -0.39 is 6.09 Å². The summed E-state index contributed by atoms with van der Waals surface area (Å²) in [7, 11) is 0. The van der Waals surface area contributed by atoms with Crippen molar-refractivity contribution in [1.82, 2.24) is 0 Å². The Hall–Kier alpha value is -2.33. The standard InChI is InChI=1S/C20H19NO2S/c1-20(2)11-14-9-13(7-8-15(14)18(20)23-19(21)22)17-10-12-5-3-4-6-16(12)24-17/h3-10,18H,11H2,1-2H3,(H2,21,22). The summed E-state index contributed by atoms with van der Waals surface area (Å²) < 4.78 is 6.68. The maximum Gasteiger partial charge on any atom is 0.405 e. The van der Waals surface area contributed by atoms with Crippen molar-refractivity contribution in [3.05, 3.63) is 59.7 Å². The summed E-state index contributed by atoms with van der Waals surface area (Å²) in [5.41, 5.74) is 8.64. The minimum Gasteiger partial charge on any atom is -0.441 e. The molecule has 2 aromatic carbocycles. The smallest absolute Gasteiger partial charge is 0.405 e. The number of carbonyl (C=O) groups is 1. The van der Waals surface area contributed by atoms with Gasteiger partial charge in [0.1, 0.15) is 6.10 Å². The van der Waals surface area contributed by atoms with Gasteiger partial charge >= 0.3 is 6.09 Å². The van der Waals surface area contributed by atoms with E-state index in [-0.39, 0.29) is 11.5 Å². The molecule has 4 rings (SSSR count). The molecule has 1 unspecified atom stereocenters. The third-order valence-corrected chi connectivity index (χ3v) is 5.89. The van der Waals surface area contributed by atoms with Crippen LogP contribution in [0.5, 0.6) is 0 Å². The van der Waals surface area contributed by atoms with E-state index in [0.717, 1.165) is 12.0 Å². The van der Waals surface area contributed by atoms with Gasteiger partial charge in [0.15, 0.2) is 0 Å². The predicted octanol–water partition coefficient (Wildman–Crippen LogP) is 5.29. The summed E-state index contributed by atoms with van der Waals surface area (Å²) in [4.78, 5) is 12.5. The molecular formula is C20H19NO2S. The molecule has 1 amide bonds. The molecule has 1 aromatic heterocycles. The molecular weight excluding hydrogens is 318 g/mol. The van der Waals surface area contributed by atoms with Gasteiger partial charge in [-0.05, 0) is 46.7 Å². The molecule has 4 heteroatoms. The molecule has 3 nitrogen and oxygen atoms in total. The zero-order valence-corrected chi connectivity index (χ0v) is 14.5. The van der Waals surface area contributed by atoms with Crippen LogP contribution in [0.1, 0.15) is 31.1 Å². The van der Waals surface area contributed by atoms with Crippen LogP contribution in [0.2, 0.25) is 0 Å². The Bertz CT molecular complexity index is 909. The Morgan fingerprint density at radius 3 is 2.75 bits per heavy atom. The molecule has 0 bridgehead atoms. The van der Waals surface area contributed by atoms with E-state index in [4.69, 9.17) is 10.5 Å². The van der Waals surface area contributed by atoms with E-state index in [1.165, 1.54) is 26.1 Å². The first kappa shape index (κ1) is 15.2. The normalized spacial score (nSPS) is 18.5. The average molecular weight is 337 g/mol. The number of fused-ring (bicyclic) bond motifs is 2. The second kappa shape index (κ2) is 5.35. The summed E-state index contributed by atoms with van der Waals surface area (Å²) in [6.45, 7) is 4.22. The highest BCUT2D eigenvalue weighted by atomic mass is 32.1. The molecule has 0 fully saturated rings. The van der Waals surface area contributed by atoms with Gasteiger partial charge < -0.3 is 10.5 Å². The number of primary amides is 1. The molecule has 0 radical (unpaired) electrons. The zero-order valence-electron chi connectivity index (χ0n) is 13.7. The highest BCUT2D eigenvalue weighted by molar-refractivity contribution is 7.22. The van der Waals surface area contributed by atoms with Gasteiger partial charge in [0, 0.05) is 15.0 Å². The Morgan fingerprint density at radius 2 is 2.00 bits per heavy atom. The van der Waals surface area contributed by atoms with Crippen molar-refractivity contribution < 1.29 is 9.53 Å². The van der Waals surface area contributed by atoms with Crippen LogP contribution in [0.4, 0.5) is 4.79 Å². The monoisotopic (exact) mass is 337 g/mol. The largest absolute Gasteiger partial charge is 0.441 e. The van der Waals surface area contributed by atoms with Gasteiger partial charge in [-0.15, -0.1) is 11.3 Å². The van der Waals surface area contributed by atoms with E-state index in [2.05, 4.69) is 62.4 Å². The molecule has 122 valence electrons. The van der Waals surface area contributed by atoms with Gasteiger partial charge in [-0.25, -0.2) is 4.79 Å². The van der Waals surface area contributed by atoms with Crippen LogP contribution in [-0.4, -0.2) is 6.09 Å². The average Bonchev–Trinajstić information content (AvgIpc) is 3.05. The van der Waals surface area contributed by atoms with Crippen molar-refractivity contribution in [1.29, 1.82) is 0 Å². The van der Waals surface area contributed by atoms with E-state index >= 15 is 0 Å². The summed E-state index contributed by atoms with van der Waals surface area (Å²) in [6, 6.07) is 17.1. The molecule has 0 saturated heterocycles. The van der Waals surface area contributed by atoms with Crippen LogP contribution in [0.25, 0.3) is 20.5 Å². The second-order valence-corrected chi connectivity index (χ2v) is 8.13. The highest BCUT2D eigenvalue weighted by Crippen LogP contribution is 2.48. The predicted molar refractivity (Wildman–Crippen MR) is 98.2 cm³/mol. The molecule has 3 aromatic rings. The first-order valence-electron chi connectivity index (χ1n) is 8.02. The van der Waals surface area contributed by atoms with Gasteiger partial charge in [0.05, 0.1) is 0 Å². The minimum absolute atomic E-state index is 0.143. The molecule has 2 N–H and O–H groups in total. The third-order valence-electron chi connectivity index (χ3n) is 4.73. The second-order valence-electron chi connectivity index (χ2n) is 7.04. The Morgan fingerprint density at radius 1 is 1.21 bits per heavy atom. The number of hydrogen-bond acceptors (Lipinski definition) is 3. The van der Waals surface area contributed by atoms with Gasteiger partial charge in [-0.1, -0.05) is 44.2 Å². The lowest BCUT2D eigenvalue weighted by atomic mass is 9.87. The van der Waals surface area contributed by atoms with Crippen LogP contribution in [0, 0.1) is 5.41 Å². The van der Waals surface area contributed by atoms with Crippen molar-refractivity contribution >= 4 is 27.5 Å². The fourth-order valence-corrected chi connectivity index (χ4v) is 4.69. The molecule has 1 aliphatic carbocycles. The molecule has 1 atom stereocenters. The van der Waals surface area contributed by atoms with Gasteiger partial charge in [-0.3, -0.25) is 0 Å². The first-order valence-corrected chi connectivity index (χ1v) is 8.83. The van der Waals surface area contributed by atoms with Crippen molar-refractivity contribution in [2.45, 2.75) is 26.4 Å². The topological polar surface area (TPSA) is 52.3 Å². The zero-order chi connectivity index (χ0) is 16.9. The van der Waals surface area contributed by atoms with Crippen LogP contribution in [0.15, 0.2) is 48.5 Å². The molecule has 1 aliphatic rings. The Kier molecular flexibility index (Phi) is 3.39. The molecule has 0 aliphatic heterocycles. The van der Waals surface area contributed by atoms with Crippen LogP contribution < -0.4 is 5.73 Å². The summed E-state index contributed by atoms with van der Waals surface area (Å²) in [6.07, 6.45) is -0.116. The number of carbonyl (C=O) groups excluding carboxylic acids is 1. The number of amides is 1. The van der Waals surface area contributed by atoms with Crippen LogP contribution in [0.3, 0.4) is 0 Å². The molecule has 0 spiro atoms. The summed E-state index contributed by atoms with van der Waals surface area (Å²) in [5, 5.41) is 1.27. The molecule has 24 heavy (non-hydrogen) atoms. The number of benzene rings is 2. The van der Waals surface area contributed by atoms with E-state index in [1.807, 2.05) is 0 Å². The van der Waals surface area contributed by atoms with E-state index in [1.54, 1.807) is 11.3 Å². The minimum atomic E-state index is -0.713. The lowest BCUT2D eigenvalue weighted by molar-refractivity contribution is 0.0392. The maximum atomic E-state index is 11.2. The van der Waals surface area contributed by atoms with Gasteiger partial charge in [0.2, 0.25) is 0 Å². The summed E-state index contributed by atoms with van der Waals surface area (Å²) >= 11 is 1.80. The first-order chi connectivity index (χ1) is 11.4. The van der Waals surface area contributed by atoms with E-state index in [9.17, 15) is 4.79 Å². The quantitative estimate of drug-likeness (QED) is 0.691.